The second kappa shape index (κ2) is 5.72. The molecule has 0 aromatic heterocycles. The van der Waals surface area contributed by atoms with Crippen LogP contribution >= 0.6 is 12.2 Å². The van der Waals surface area contributed by atoms with Crippen LogP contribution in [0.5, 0.6) is 0 Å². The SMILES string of the molecule is S=C1NC2=C(C3=[NH+]CCN3)CCC[C@@H]2[C@@H](c2ccccc2)N1. The Morgan fingerprint density at radius 2 is 2.05 bits per heavy atom. The Hall–Kier alpha value is -1.88. The summed E-state index contributed by atoms with van der Waals surface area (Å²) in [6.45, 7) is 2.00. The standard InChI is InChI=1S/C17H20N4S/c22-17-20-14(11-5-2-1-3-6-11)12-7-4-8-13(15(12)21-17)16-18-9-10-19-16/h1-3,5-6,12,14H,4,7-10H2,(H,18,19)(H2,20,21,22)/p+1/t12-,14-/m1/s1. The predicted octanol–water partition coefficient (Wildman–Crippen LogP) is 0.342. The van der Waals surface area contributed by atoms with Gasteiger partial charge in [0.05, 0.1) is 11.6 Å². The molecule has 5 heteroatoms. The maximum atomic E-state index is 5.47. The van der Waals surface area contributed by atoms with Crippen molar-refractivity contribution in [3.05, 3.63) is 47.2 Å². The van der Waals surface area contributed by atoms with E-state index in [0.29, 0.717) is 5.92 Å². The Bertz CT molecular complexity index is 650. The van der Waals surface area contributed by atoms with Crippen molar-refractivity contribution >= 4 is 23.2 Å². The minimum absolute atomic E-state index is 0.266. The van der Waals surface area contributed by atoms with Crippen LogP contribution in [0.25, 0.3) is 0 Å². The number of hydrogen-bond donors (Lipinski definition) is 4. The molecule has 0 radical (unpaired) electrons. The lowest BCUT2D eigenvalue weighted by Crippen LogP contribution is -2.71. The first-order valence-corrected chi connectivity index (χ1v) is 8.44. The molecular weight excluding hydrogens is 292 g/mol. The normalized spacial score (nSPS) is 27.5. The molecule has 1 aromatic rings. The van der Waals surface area contributed by atoms with Crippen LogP contribution in [-0.4, -0.2) is 24.0 Å². The molecule has 1 aromatic carbocycles. The lowest BCUT2D eigenvalue weighted by Gasteiger charge is -2.40. The fraction of sp³-hybridized carbons (Fsp3) is 0.412. The van der Waals surface area contributed by atoms with Crippen molar-refractivity contribution < 1.29 is 4.99 Å². The van der Waals surface area contributed by atoms with Gasteiger partial charge in [-0.05, 0) is 37.0 Å². The summed E-state index contributed by atoms with van der Waals surface area (Å²) >= 11 is 5.47. The van der Waals surface area contributed by atoms with Gasteiger partial charge < -0.3 is 10.6 Å². The maximum Gasteiger partial charge on any atom is 0.272 e. The van der Waals surface area contributed by atoms with E-state index < -0.39 is 0 Å². The Kier molecular flexibility index (Phi) is 3.58. The zero-order valence-electron chi connectivity index (χ0n) is 12.5. The van der Waals surface area contributed by atoms with Crippen LogP contribution in [0.3, 0.4) is 0 Å². The Morgan fingerprint density at radius 3 is 2.82 bits per heavy atom. The number of rotatable bonds is 2. The summed E-state index contributed by atoms with van der Waals surface area (Å²) in [6.07, 6.45) is 3.52. The second-order valence-electron chi connectivity index (χ2n) is 6.11. The molecule has 0 spiro atoms. The fourth-order valence-electron chi connectivity index (χ4n) is 3.79. The molecule has 0 amide bonds. The third-order valence-corrected chi connectivity index (χ3v) is 4.98. The first kappa shape index (κ1) is 13.8. The number of hydrogen-bond acceptors (Lipinski definition) is 2. The second-order valence-corrected chi connectivity index (χ2v) is 6.51. The van der Waals surface area contributed by atoms with Crippen LogP contribution in [0.15, 0.2) is 41.6 Å². The molecule has 0 saturated carbocycles. The first-order chi connectivity index (χ1) is 10.8. The van der Waals surface area contributed by atoms with Gasteiger partial charge in [0.15, 0.2) is 5.11 Å². The molecule has 1 fully saturated rings. The van der Waals surface area contributed by atoms with Gasteiger partial charge in [0.1, 0.15) is 13.1 Å². The Labute approximate surface area is 136 Å². The van der Waals surface area contributed by atoms with E-state index >= 15 is 0 Å². The number of nitrogens with one attached hydrogen (secondary N) is 4. The Balaban J connectivity index is 1.75. The van der Waals surface area contributed by atoms with Crippen molar-refractivity contribution in [1.29, 1.82) is 0 Å². The molecule has 1 aliphatic carbocycles. The molecule has 4 rings (SSSR count). The van der Waals surface area contributed by atoms with Crippen molar-refractivity contribution in [1.82, 2.24) is 16.0 Å². The van der Waals surface area contributed by atoms with Gasteiger partial charge in [-0.15, -0.1) is 0 Å². The monoisotopic (exact) mass is 313 g/mol. The third kappa shape index (κ3) is 2.39. The molecule has 2 heterocycles. The van der Waals surface area contributed by atoms with Gasteiger partial charge >= 0.3 is 0 Å². The van der Waals surface area contributed by atoms with E-state index in [1.54, 1.807) is 0 Å². The molecular formula is C17H21N4S+. The zero-order valence-corrected chi connectivity index (χ0v) is 13.3. The Morgan fingerprint density at radius 1 is 1.18 bits per heavy atom. The van der Waals surface area contributed by atoms with Gasteiger partial charge in [0.2, 0.25) is 0 Å². The smallest absolute Gasteiger partial charge is 0.272 e. The molecule has 2 aliphatic heterocycles. The van der Waals surface area contributed by atoms with Crippen LogP contribution < -0.4 is 20.9 Å². The molecule has 4 N–H and O–H groups in total. The van der Waals surface area contributed by atoms with Gasteiger partial charge in [0.25, 0.3) is 5.84 Å². The van der Waals surface area contributed by atoms with E-state index in [0.717, 1.165) is 24.6 Å². The number of fused-ring (bicyclic) bond motifs is 1. The molecule has 114 valence electrons. The summed E-state index contributed by atoms with van der Waals surface area (Å²) in [5, 5.41) is 11.1. The predicted molar refractivity (Wildman–Crippen MR) is 91.3 cm³/mol. The summed E-state index contributed by atoms with van der Waals surface area (Å²) in [7, 11) is 0. The highest BCUT2D eigenvalue weighted by Crippen LogP contribution is 2.39. The molecule has 1 saturated heterocycles. The van der Waals surface area contributed by atoms with Crippen molar-refractivity contribution in [3.8, 4) is 0 Å². The maximum absolute atomic E-state index is 5.47. The minimum atomic E-state index is 0.266. The molecule has 22 heavy (non-hydrogen) atoms. The van der Waals surface area contributed by atoms with E-state index in [-0.39, 0.29) is 6.04 Å². The highest BCUT2D eigenvalue weighted by molar-refractivity contribution is 7.80. The lowest BCUT2D eigenvalue weighted by atomic mass is 9.78. The summed E-state index contributed by atoms with van der Waals surface area (Å²) < 4.78 is 0. The fourth-order valence-corrected chi connectivity index (χ4v) is 4.03. The van der Waals surface area contributed by atoms with E-state index in [1.807, 2.05) is 0 Å². The summed E-state index contributed by atoms with van der Waals surface area (Å²) in [5.41, 5.74) is 4.01. The minimum Gasteiger partial charge on any atom is -0.355 e. The van der Waals surface area contributed by atoms with Gasteiger partial charge in [-0.3, -0.25) is 10.3 Å². The van der Waals surface area contributed by atoms with Gasteiger partial charge in [-0.1, -0.05) is 30.3 Å². The summed E-state index contributed by atoms with van der Waals surface area (Å²) in [4.78, 5) is 3.47. The van der Waals surface area contributed by atoms with E-state index in [1.165, 1.54) is 35.5 Å². The molecule has 4 nitrogen and oxygen atoms in total. The van der Waals surface area contributed by atoms with Crippen LogP contribution in [0.1, 0.15) is 30.9 Å². The number of benzene rings is 1. The molecule has 2 atom stereocenters. The third-order valence-electron chi connectivity index (χ3n) is 4.76. The zero-order chi connectivity index (χ0) is 14.9. The molecule has 3 aliphatic rings. The average molecular weight is 313 g/mol. The van der Waals surface area contributed by atoms with Crippen LogP contribution in [0, 0.1) is 5.92 Å². The topological polar surface area (TPSA) is 50.1 Å². The van der Waals surface area contributed by atoms with Crippen LogP contribution in [-0.2, 0) is 0 Å². The van der Waals surface area contributed by atoms with Gasteiger partial charge in [-0.2, -0.15) is 0 Å². The largest absolute Gasteiger partial charge is 0.355 e. The number of amidine groups is 1. The van der Waals surface area contributed by atoms with Crippen molar-refractivity contribution in [2.24, 2.45) is 5.92 Å². The lowest BCUT2D eigenvalue weighted by molar-refractivity contribution is -0.444. The summed E-state index contributed by atoms with van der Waals surface area (Å²) in [5.74, 6) is 1.65. The molecule has 0 unspecified atom stereocenters. The highest BCUT2D eigenvalue weighted by Gasteiger charge is 2.38. The first-order valence-electron chi connectivity index (χ1n) is 8.03. The van der Waals surface area contributed by atoms with Crippen LogP contribution in [0.4, 0.5) is 0 Å². The van der Waals surface area contributed by atoms with E-state index in [2.05, 4.69) is 51.3 Å². The van der Waals surface area contributed by atoms with Crippen LogP contribution in [0.2, 0.25) is 0 Å². The van der Waals surface area contributed by atoms with Gasteiger partial charge in [0, 0.05) is 11.6 Å². The number of thiocarbonyl (C=S) groups is 1. The molecule has 0 bridgehead atoms. The van der Waals surface area contributed by atoms with Crippen molar-refractivity contribution in [2.75, 3.05) is 13.1 Å². The summed E-state index contributed by atoms with van der Waals surface area (Å²) in [6, 6.07) is 10.9. The van der Waals surface area contributed by atoms with E-state index in [9.17, 15) is 0 Å². The quantitative estimate of drug-likeness (QED) is 0.595. The van der Waals surface area contributed by atoms with E-state index in [4.69, 9.17) is 12.2 Å². The van der Waals surface area contributed by atoms with Gasteiger partial charge in [-0.25, -0.2) is 0 Å². The average Bonchev–Trinajstić information content (AvgIpc) is 3.08. The highest BCUT2D eigenvalue weighted by atomic mass is 32.1. The van der Waals surface area contributed by atoms with Crippen molar-refractivity contribution in [2.45, 2.75) is 25.3 Å². The van der Waals surface area contributed by atoms with Crippen molar-refractivity contribution in [3.63, 3.8) is 0 Å².